The van der Waals surface area contributed by atoms with Crippen molar-refractivity contribution >= 4 is 6.71 Å². The maximum atomic E-state index is 19.5. The molecule has 0 saturated heterocycles. The van der Waals surface area contributed by atoms with E-state index < -0.39 is 230 Å². The molecule has 9 rings (SSSR count). The van der Waals surface area contributed by atoms with E-state index >= 15 is 92.2 Å². The molecule has 0 radical (unpaired) electrons. The zero-order chi connectivity index (χ0) is 49.9. The fourth-order valence-corrected chi connectivity index (χ4v) is 9.31. The molecule has 0 unspecified atom stereocenters. The molecule has 0 heterocycles. The van der Waals surface area contributed by atoms with Gasteiger partial charge in [-0.3, -0.25) is 0 Å². The van der Waals surface area contributed by atoms with Gasteiger partial charge in [0, 0.05) is 66.8 Å². The van der Waals surface area contributed by atoms with Crippen LogP contribution in [0.2, 0.25) is 0 Å². The summed E-state index contributed by atoms with van der Waals surface area (Å²) in [6.07, 6.45) is 0. The predicted molar refractivity (Wildman–Crippen MR) is 166 cm³/mol. The van der Waals surface area contributed by atoms with Gasteiger partial charge in [0.2, 0.25) is 0 Å². The lowest BCUT2D eigenvalue weighted by atomic mass is 9.20. The molecule has 0 nitrogen and oxygen atoms in total. The third-order valence-electron chi connectivity index (χ3n) is 11.7. The zero-order valence-electron chi connectivity index (χ0n) is 30.3. The first-order valence-corrected chi connectivity index (χ1v) is 17.2. The molecule has 0 N–H and O–H groups in total. The minimum absolute atomic E-state index is 3.08. The summed E-state index contributed by atoms with van der Waals surface area (Å²) in [5.41, 5.74) is -60.3. The van der Waals surface area contributed by atoms with Crippen LogP contribution in [0.25, 0.3) is 33.4 Å². The van der Waals surface area contributed by atoms with Crippen LogP contribution in [0.3, 0.4) is 0 Å². The highest BCUT2D eigenvalue weighted by Crippen LogP contribution is 2.71. The average Bonchev–Trinajstić information content (AvgIpc) is 3.84. The molecule has 0 bridgehead atoms. The van der Waals surface area contributed by atoms with E-state index in [0.29, 0.717) is 0 Å². The topological polar surface area (TPSA) is 0 Å². The Morgan fingerprint density at radius 1 is 0.164 bits per heavy atom. The molecule has 0 spiro atoms. The normalized spacial score (nSPS) is 15.4. The van der Waals surface area contributed by atoms with Gasteiger partial charge in [-0.1, -0.05) is 0 Å². The van der Waals surface area contributed by atoms with E-state index in [1.807, 2.05) is 0 Å². The Morgan fingerprint density at radius 3 is 0.388 bits per heavy atom. The van der Waals surface area contributed by atoms with Crippen LogP contribution in [0.1, 0.15) is 33.4 Å². The minimum atomic E-state index is -6.77. The van der Waals surface area contributed by atoms with Crippen molar-refractivity contribution in [3.8, 4) is 33.4 Å². The summed E-state index contributed by atoms with van der Waals surface area (Å²) in [7, 11) is 0. The fourth-order valence-electron chi connectivity index (χ4n) is 9.31. The Bertz CT molecular complexity index is 2850. The lowest BCUT2D eigenvalue weighted by molar-refractivity contribution is 0.199. The molecule has 3 aliphatic carbocycles. The summed E-state index contributed by atoms with van der Waals surface area (Å²) < 4.78 is 434. The second kappa shape index (κ2) is 13.6. The van der Waals surface area contributed by atoms with E-state index in [0.717, 1.165) is 0 Å². The summed E-state index contributed by atoms with van der Waals surface area (Å²) in [6, 6.07) is 0. The van der Waals surface area contributed by atoms with Crippen molar-refractivity contribution in [1.29, 1.82) is 0 Å². The first kappa shape index (κ1) is 45.6. The molecular formula is C39BF27. The maximum Gasteiger partial charge on any atom is 0.310 e. The van der Waals surface area contributed by atoms with Gasteiger partial charge in [0.1, 0.15) is 16.7 Å². The molecule has 67 heavy (non-hydrogen) atoms. The maximum absolute atomic E-state index is 19.5. The van der Waals surface area contributed by atoms with E-state index in [1.54, 1.807) is 0 Å². The van der Waals surface area contributed by atoms with Crippen molar-refractivity contribution in [2.75, 3.05) is 0 Å². The number of rotatable bonds is 3. The highest BCUT2D eigenvalue weighted by Gasteiger charge is 2.80. The van der Waals surface area contributed by atoms with Crippen LogP contribution in [0.15, 0.2) is 0 Å². The molecule has 0 atom stereocenters. The third kappa shape index (κ3) is 4.75. The van der Waals surface area contributed by atoms with Crippen LogP contribution >= 0.6 is 0 Å². The van der Waals surface area contributed by atoms with Gasteiger partial charge in [-0.2, -0.15) is 0 Å². The van der Waals surface area contributed by atoms with Crippen LogP contribution < -0.4 is 0 Å². The van der Waals surface area contributed by atoms with E-state index in [4.69, 9.17) is 0 Å². The molecule has 0 aliphatic heterocycles. The molecule has 0 saturated carbocycles. The summed E-state index contributed by atoms with van der Waals surface area (Å²) in [6.45, 7) is -6.15. The van der Waals surface area contributed by atoms with Gasteiger partial charge in [-0.25, -0.2) is 119 Å². The summed E-state index contributed by atoms with van der Waals surface area (Å²) >= 11 is 0. The Labute approximate surface area is 348 Å². The molecule has 0 amide bonds. The van der Waals surface area contributed by atoms with E-state index in [2.05, 4.69) is 0 Å². The molecule has 348 valence electrons. The van der Waals surface area contributed by atoms with Crippen LogP contribution in [0, 0.1) is 140 Å². The summed E-state index contributed by atoms with van der Waals surface area (Å²) in [4.78, 5) is 0. The van der Waals surface area contributed by atoms with Gasteiger partial charge in [-0.05, 0) is 0 Å². The minimum Gasteiger partial charge on any atom is -0.243 e. The number of alkyl halides is 3. The Balaban J connectivity index is 1.70. The second-order valence-electron chi connectivity index (χ2n) is 14.6. The first-order valence-electron chi connectivity index (χ1n) is 17.2. The third-order valence-corrected chi connectivity index (χ3v) is 11.7. The molecular weight excluding hydrogens is 992 g/mol. The van der Waals surface area contributed by atoms with Gasteiger partial charge >= 0.3 is 6.71 Å². The molecule has 28 heteroatoms. The van der Waals surface area contributed by atoms with Crippen LogP contribution in [0.5, 0.6) is 0 Å². The van der Waals surface area contributed by atoms with Crippen LogP contribution in [-0.4, -0.2) is 6.71 Å². The fraction of sp³-hybridized carbons (Fsp3) is 0.0769. The van der Waals surface area contributed by atoms with Crippen molar-refractivity contribution in [1.82, 2.24) is 0 Å². The molecule has 6 aromatic rings. The van der Waals surface area contributed by atoms with Crippen molar-refractivity contribution in [3.63, 3.8) is 0 Å². The van der Waals surface area contributed by atoms with Gasteiger partial charge < -0.3 is 0 Å². The van der Waals surface area contributed by atoms with Crippen molar-refractivity contribution in [2.24, 2.45) is 0 Å². The van der Waals surface area contributed by atoms with E-state index in [-0.39, 0.29) is 0 Å². The van der Waals surface area contributed by atoms with Crippen LogP contribution in [-0.2, 0) is 16.7 Å². The van der Waals surface area contributed by atoms with E-state index in [1.165, 1.54) is 0 Å². The number of halogens is 27. The standard InChI is InChI=1S/C39BF27/c41-13-1-2-8(20(48)32(60)26(54)14(2)42)37(65,7(1)19(47)31(59)25(13)53)40(38(66)9-3(15(43)27(55)33(61)21(9)49)4-10(38)22(50)34(62)28(56)16(4)44)39(67)11-5(17(45)29(57)35(63)23(11)51)6-12(39)24(52)36(64)30(58)18(6)46. The lowest BCUT2D eigenvalue weighted by Gasteiger charge is -2.45. The van der Waals surface area contributed by atoms with Gasteiger partial charge in [0.05, 0.1) is 0 Å². The molecule has 0 fully saturated rings. The Hall–Kier alpha value is -6.51. The molecule has 0 aromatic heterocycles. The highest BCUT2D eigenvalue weighted by atomic mass is 19.2. The van der Waals surface area contributed by atoms with Crippen LogP contribution in [0.4, 0.5) is 119 Å². The SMILES string of the molecule is Fc1c(F)c(F)c2c(c1F)-c1c(F)c(F)c(F)c(F)c1C2(F)B(C1(F)c2c(F)c(F)c(F)c(F)c2-c2c(F)c(F)c(F)c(F)c21)C1(F)c2c(F)c(F)c(F)c(F)c2-c2c(F)c(F)c(F)c(F)c21. The Morgan fingerprint density at radius 2 is 0.269 bits per heavy atom. The number of benzene rings is 6. The van der Waals surface area contributed by atoms with E-state index in [9.17, 15) is 26.3 Å². The molecule has 6 aromatic carbocycles. The largest absolute Gasteiger partial charge is 0.310 e. The smallest absolute Gasteiger partial charge is 0.243 e. The zero-order valence-corrected chi connectivity index (χ0v) is 30.3. The van der Waals surface area contributed by atoms with Crippen molar-refractivity contribution in [3.05, 3.63) is 173 Å². The van der Waals surface area contributed by atoms with Gasteiger partial charge in [0.15, 0.2) is 140 Å². The van der Waals surface area contributed by atoms with Crippen molar-refractivity contribution in [2.45, 2.75) is 16.7 Å². The van der Waals surface area contributed by atoms with Crippen molar-refractivity contribution < 1.29 is 119 Å². The Kier molecular flexibility index (Phi) is 9.24. The van der Waals surface area contributed by atoms with Gasteiger partial charge in [0.25, 0.3) is 0 Å². The number of hydrogen-bond donors (Lipinski definition) is 0. The lowest BCUT2D eigenvalue weighted by Crippen LogP contribution is -2.64. The number of hydrogen-bond acceptors (Lipinski definition) is 0. The monoisotopic (exact) mass is 992 g/mol. The second-order valence-corrected chi connectivity index (χ2v) is 14.6. The number of fused-ring (bicyclic) bond motifs is 9. The summed E-state index contributed by atoms with van der Waals surface area (Å²) in [5, 5.41) is 0. The summed E-state index contributed by atoms with van der Waals surface area (Å²) in [5.74, 6) is -86.2. The first-order chi connectivity index (χ1) is 31.0. The quantitative estimate of drug-likeness (QED) is 0.0717. The predicted octanol–water partition coefficient (Wildman–Crippen LogP) is 13.1. The highest BCUT2D eigenvalue weighted by molar-refractivity contribution is 6.71. The average molecular weight is 992 g/mol. The molecule has 3 aliphatic rings. The van der Waals surface area contributed by atoms with Gasteiger partial charge in [-0.15, -0.1) is 0 Å².